The second-order valence-corrected chi connectivity index (χ2v) is 11.3. The molecule has 2 aliphatic rings. The molecule has 1 aliphatic carbocycles. The van der Waals surface area contributed by atoms with Crippen molar-refractivity contribution in [3.63, 3.8) is 0 Å². The predicted octanol–water partition coefficient (Wildman–Crippen LogP) is 6.77. The zero-order valence-electron chi connectivity index (χ0n) is 21.7. The fraction of sp³-hybridized carbons (Fsp3) is 0.357. The molecule has 0 aromatic heterocycles. The summed E-state index contributed by atoms with van der Waals surface area (Å²) < 4.78 is 23.8. The van der Waals surface area contributed by atoms with E-state index in [1.807, 2.05) is 73.4 Å². The van der Waals surface area contributed by atoms with E-state index >= 15 is 0 Å². The van der Waals surface area contributed by atoms with Gasteiger partial charge in [0.2, 0.25) is 0 Å². The van der Waals surface area contributed by atoms with Crippen LogP contribution < -0.4 is 9.44 Å². The van der Waals surface area contributed by atoms with Crippen LogP contribution in [0, 0.1) is 0 Å². The molecule has 0 bridgehead atoms. The van der Waals surface area contributed by atoms with Crippen LogP contribution in [0.3, 0.4) is 0 Å². The summed E-state index contributed by atoms with van der Waals surface area (Å²) in [6.07, 6.45) is 9.33. The number of likely N-dealkylation sites (tertiary alicyclic amines) is 1. The normalized spacial score (nSPS) is 17.0. The fourth-order valence-electron chi connectivity index (χ4n) is 3.91. The minimum atomic E-state index is -1.49. The summed E-state index contributed by atoms with van der Waals surface area (Å²) in [5.41, 5.74) is 3.25. The number of carbonyl (C=O) groups is 1. The number of hydrogen-bond donors (Lipinski definition) is 2. The lowest BCUT2D eigenvalue weighted by molar-refractivity contribution is 0.0725. The van der Waals surface area contributed by atoms with Gasteiger partial charge in [0, 0.05) is 35.1 Å². The largest absolute Gasteiger partial charge is 0.339 e. The Labute approximate surface area is 232 Å². The van der Waals surface area contributed by atoms with E-state index in [-0.39, 0.29) is 5.91 Å². The summed E-state index contributed by atoms with van der Waals surface area (Å²) in [4.78, 5) is 17.0. The molecule has 1 unspecified atom stereocenters. The van der Waals surface area contributed by atoms with Crippen LogP contribution in [-0.2, 0) is 16.7 Å². The van der Waals surface area contributed by atoms with E-state index in [1.165, 1.54) is 17.7 Å². The van der Waals surface area contributed by atoms with Crippen LogP contribution in [0.4, 0.5) is 5.69 Å². The van der Waals surface area contributed by atoms with Gasteiger partial charge in [0.1, 0.15) is 11.0 Å². The van der Waals surface area contributed by atoms with Crippen LogP contribution in [0.15, 0.2) is 81.0 Å². The van der Waals surface area contributed by atoms with Crippen molar-refractivity contribution in [1.82, 2.24) is 9.62 Å². The number of anilines is 1. The molecule has 198 valence electrons. The molecule has 1 atom stereocenters. The van der Waals surface area contributed by atoms with Crippen molar-refractivity contribution in [1.29, 1.82) is 0 Å². The SMILES string of the molecule is CC.CNS/N=C1/C=CC=C(S(=O)Nc2cc(SCc3ccccc3)ccc2C(=O)N2CCCCC2)C1. The van der Waals surface area contributed by atoms with Gasteiger partial charge in [0.25, 0.3) is 5.91 Å². The Morgan fingerprint density at radius 1 is 1.08 bits per heavy atom. The molecule has 6 nitrogen and oxygen atoms in total. The van der Waals surface area contributed by atoms with Gasteiger partial charge in [-0.25, -0.2) is 13.3 Å². The minimum Gasteiger partial charge on any atom is -0.339 e. The number of allylic oxidation sites excluding steroid dienone is 4. The molecular weight excluding hydrogens is 521 g/mol. The molecule has 9 heteroatoms. The maximum Gasteiger partial charge on any atom is 0.255 e. The Morgan fingerprint density at radius 2 is 1.84 bits per heavy atom. The van der Waals surface area contributed by atoms with Crippen LogP contribution in [0.5, 0.6) is 0 Å². The van der Waals surface area contributed by atoms with Gasteiger partial charge in [0.05, 0.1) is 29.1 Å². The third-order valence-corrected chi connectivity index (χ3v) is 8.47. The number of benzene rings is 2. The van der Waals surface area contributed by atoms with Gasteiger partial charge in [-0.15, -0.1) is 11.8 Å². The quantitative estimate of drug-likeness (QED) is 0.263. The highest BCUT2D eigenvalue weighted by molar-refractivity contribution is 7.98. The molecule has 4 rings (SSSR count). The molecule has 1 fully saturated rings. The standard InChI is InChI=1S/C26H30N4O2S3.C2H6/c1-27-34-28-21-11-8-12-23(17-21)35(32)29-25-18-22(33-19-20-9-4-2-5-10-20)13-14-24(25)26(31)30-15-6-3-7-16-30;1-2/h2,4-5,8-14,18,27,29H,3,6-7,15-17,19H2,1H3;1-2H3/b28-21-;. The number of nitrogens with one attached hydrogen (secondary N) is 2. The first-order valence-electron chi connectivity index (χ1n) is 12.7. The molecule has 0 radical (unpaired) electrons. The van der Waals surface area contributed by atoms with Crippen molar-refractivity contribution < 1.29 is 9.00 Å². The molecule has 1 aliphatic heterocycles. The summed E-state index contributed by atoms with van der Waals surface area (Å²) in [7, 11) is 0.313. The van der Waals surface area contributed by atoms with Gasteiger partial charge in [-0.05, 0) is 62.2 Å². The number of hydrogen-bond acceptors (Lipinski definition) is 6. The van der Waals surface area contributed by atoms with Crippen LogP contribution in [0.1, 0.15) is 55.5 Å². The molecule has 1 saturated heterocycles. The minimum absolute atomic E-state index is 0.00555. The summed E-state index contributed by atoms with van der Waals surface area (Å²) in [5, 5.41) is 0. The first kappa shape index (κ1) is 29.2. The van der Waals surface area contributed by atoms with E-state index in [1.54, 1.807) is 18.8 Å². The summed E-state index contributed by atoms with van der Waals surface area (Å²) >= 11 is 2.94. The van der Waals surface area contributed by atoms with Crippen molar-refractivity contribution in [3.05, 3.63) is 82.8 Å². The lowest BCUT2D eigenvalue weighted by Gasteiger charge is -2.27. The molecule has 2 N–H and O–H groups in total. The summed E-state index contributed by atoms with van der Waals surface area (Å²) in [6, 6.07) is 16.1. The average Bonchev–Trinajstić information content (AvgIpc) is 2.97. The Morgan fingerprint density at radius 3 is 2.57 bits per heavy atom. The monoisotopic (exact) mass is 556 g/mol. The van der Waals surface area contributed by atoms with E-state index in [4.69, 9.17) is 0 Å². The van der Waals surface area contributed by atoms with E-state index < -0.39 is 11.0 Å². The summed E-state index contributed by atoms with van der Waals surface area (Å²) in [6.45, 7) is 5.54. The van der Waals surface area contributed by atoms with Gasteiger partial charge in [-0.2, -0.15) is 0 Å². The van der Waals surface area contributed by atoms with Gasteiger partial charge in [-0.3, -0.25) is 4.79 Å². The number of rotatable bonds is 9. The zero-order chi connectivity index (χ0) is 26.5. The molecule has 2 aromatic carbocycles. The maximum atomic E-state index is 13.4. The topological polar surface area (TPSA) is 73.8 Å². The average molecular weight is 557 g/mol. The molecular formula is C28H36N4O2S3. The number of piperidine rings is 1. The van der Waals surface area contributed by atoms with Crippen molar-refractivity contribution in [2.75, 3.05) is 24.9 Å². The van der Waals surface area contributed by atoms with E-state index in [2.05, 4.69) is 26.0 Å². The highest BCUT2D eigenvalue weighted by Crippen LogP contribution is 2.30. The lowest BCUT2D eigenvalue weighted by atomic mass is 10.1. The predicted molar refractivity (Wildman–Crippen MR) is 161 cm³/mol. The number of carbonyl (C=O) groups excluding carboxylic acids is 1. The first-order chi connectivity index (χ1) is 18.1. The van der Waals surface area contributed by atoms with Crippen molar-refractivity contribution in [2.45, 2.75) is 50.2 Å². The van der Waals surface area contributed by atoms with Crippen LogP contribution in [0.25, 0.3) is 0 Å². The highest BCUT2D eigenvalue weighted by atomic mass is 32.2. The van der Waals surface area contributed by atoms with Crippen molar-refractivity contribution in [3.8, 4) is 0 Å². The number of thioether (sulfide) groups is 1. The second-order valence-electron chi connectivity index (χ2n) is 8.25. The Bertz CT molecular complexity index is 1140. The van der Waals surface area contributed by atoms with Crippen LogP contribution in [0.2, 0.25) is 0 Å². The van der Waals surface area contributed by atoms with E-state index in [9.17, 15) is 9.00 Å². The van der Waals surface area contributed by atoms with Gasteiger partial charge in [0.15, 0.2) is 0 Å². The maximum absolute atomic E-state index is 13.4. The van der Waals surface area contributed by atoms with Crippen LogP contribution >= 0.6 is 23.9 Å². The van der Waals surface area contributed by atoms with E-state index in [0.717, 1.165) is 53.6 Å². The Balaban J connectivity index is 0.00000186. The molecule has 0 saturated carbocycles. The molecule has 37 heavy (non-hydrogen) atoms. The van der Waals surface area contributed by atoms with E-state index in [0.29, 0.717) is 17.7 Å². The number of nitrogens with zero attached hydrogens (tertiary/aromatic N) is 2. The van der Waals surface area contributed by atoms with Crippen LogP contribution in [-0.4, -0.2) is 40.9 Å². The van der Waals surface area contributed by atoms with Gasteiger partial charge < -0.3 is 9.62 Å². The second kappa shape index (κ2) is 15.8. The third-order valence-electron chi connectivity index (χ3n) is 5.73. The molecule has 1 heterocycles. The Kier molecular flexibility index (Phi) is 12.5. The molecule has 2 aromatic rings. The fourth-order valence-corrected chi connectivity index (χ4v) is 6.12. The van der Waals surface area contributed by atoms with Crippen molar-refractivity contribution in [2.24, 2.45) is 4.40 Å². The molecule has 1 amide bonds. The molecule has 0 spiro atoms. The first-order valence-corrected chi connectivity index (χ1v) is 15.6. The van der Waals surface area contributed by atoms with Gasteiger partial charge in [-0.1, -0.05) is 50.3 Å². The third kappa shape index (κ3) is 8.88. The smallest absolute Gasteiger partial charge is 0.255 e. The Hall–Kier alpha value is -2.33. The number of amides is 1. The van der Waals surface area contributed by atoms with Crippen molar-refractivity contribution >= 4 is 52.2 Å². The van der Waals surface area contributed by atoms with Gasteiger partial charge >= 0.3 is 0 Å². The highest BCUT2D eigenvalue weighted by Gasteiger charge is 2.23. The summed E-state index contributed by atoms with van der Waals surface area (Å²) in [5.74, 6) is 0.816. The zero-order valence-corrected chi connectivity index (χ0v) is 24.2. The lowest BCUT2D eigenvalue weighted by Crippen LogP contribution is -2.36.